The number of piperidine rings is 1. The van der Waals surface area contributed by atoms with Gasteiger partial charge in [0.1, 0.15) is 17.3 Å². The molecule has 3 aliphatic rings. The summed E-state index contributed by atoms with van der Waals surface area (Å²) in [5.74, 6) is 0.119. The Morgan fingerprint density at radius 1 is 1.10 bits per heavy atom. The van der Waals surface area contributed by atoms with E-state index in [1.54, 1.807) is 12.4 Å². The second-order valence-electron chi connectivity index (χ2n) is 11.4. The number of aliphatic hydroxyl groups is 1. The molecular weight excluding hydrogens is 537 g/mol. The summed E-state index contributed by atoms with van der Waals surface area (Å²) < 4.78 is 21.0. The Balaban J connectivity index is 1.07. The molecule has 3 aliphatic heterocycles. The predicted molar refractivity (Wildman–Crippen MR) is 158 cm³/mol. The molecule has 2 fully saturated rings. The van der Waals surface area contributed by atoms with Crippen molar-refractivity contribution >= 4 is 28.7 Å². The van der Waals surface area contributed by atoms with Gasteiger partial charge < -0.3 is 25.4 Å². The van der Waals surface area contributed by atoms with Crippen molar-refractivity contribution in [3.63, 3.8) is 0 Å². The number of benzene rings is 1. The summed E-state index contributed by atoms with van der Waals surface area (Å²) in [5.41, 5.74) is 4.49. The van der Waals surface area contributed by atoms with Gasteiger partial charge >= 0.3 is 0 Å². The number of morpholine rings is 1. The van der Waals surface area contributed by atoms with E-state index in [0.29, 0.717) is 35.8 Å². The van der Waals surface area contributed by atoms with E-state index in [9.17, 15) is 14.3 Å². The topological polar surface area (TPSA) is 107 Å². The highest BCUT2D eigenvalue weighted by Crippen LogP contribution is 2.36. The summed E-state index contributed by atoms with van der Waals surface area (Å²) in [5, 5.41) is 17.6. The van der Waals surface area contributed by atoms with Crippen LogP contribution in [0.5, 0.6) is 0 Å². The summed E-state index contributed by atoms with van der Waals surface area (Å²) in [6.45, 7) is 6.10. The Kier molecular flexibility index (Phi) is 7.01. The molecule has 10 nitrogen and oxygen atoms in total. The van der Waals surface area contributed by atoms with Gasteiger partial charge in [-0.25, -0.2) is 14.4 Å². The second kappa shape index (κ2) is 11.0. The van der Waals surface area contributed by atoms with Crippen molar-refractivity contribution in [3.05, 3.63) is 71.9 Å². The Hall–Kier alpha value is -4.06. The molecule has 1 aromatic carbocycles. The summed E-state index contributed by atoms with van der Waals surface area (Å²) in [4.78, 5) is 26.5. The summed E-state index contributed by atoms with van der Waals surface area (Å²) in [6, 6.07) is 10.5. The van der Waals surface area contributed by atoms with Gasteiger partial charge in [-0.15, -0.1) is 0 Å². The molecule has 0 unspecified atom stereocenters. The smallest absolute Gasteiger partial charge is 0.254 e. The van der Waals surface area contributed by atoms with Crippen LogP contribution in [0.3, 0.4) is 0 Å². The summed E-state index contributed by atoms with van der Waals surface area (Å²) >= 11 is 0. The van der Waals surface area contributed by atoms with E-state index in [2.05, 4.69) is 30.4 Å². The van der Waals surface area contributed by atoms with Crippen molar-refractivity contribution in [3.8, 4) is 11.3 Å². The van der Waals surface area contributed by atoms with Gasteiger partial charge in [0.15, 0.2) is 0 Å². The van der Waals surface area contributed by atoms with Crippen LogP contribution in [0.1, 0.15) is 35.2 Å². The van der Waals surface area contributed by atoms with Crippen LogP contribution >= 0.6 is 0 Å². The minimum Gasteiger partial charge on any atom is -0.388 e. The number of hydrogen-bond donors (Lipinski definition) is 3. The van der Waals surface area contributed by atoms with E-state index >= 15 is 0 Å². The molecule has 0 bridgehead atoms. The fourth-order valence-corrected chi connectivity index (χ4v) is 6.36. The average molecular weight is 572 g/mol. The van der Waals surface area contributed by atoms with Crippen LogP contribution in [0.15, 0.2) is 55.0 Å². The number of aromatic nitrogens is 3. The standard InChI is InChI=1S/C31H34FN7O3/c32-21-6-10-39-26(19-34-28(39)16-21)23-3-4-25(29-24(23)18-35-30(29)40)36-27-5-2-22(17-33-27)38-9-1-7-31(41,20-38)8-11-37-12-14-42-15-13-37/h2-6,10,16-17,19,41H,1,7-9,11-15,18,20H2,(H,33,36)(H,35,40)/t31-/m1/s1. The number of halogens is 1. The zero-order valence-electron chi connectivity index (χ0n) is 23.4. The van der Waals surface area contributed by atoms with Gasteiger partial charge in [0, 0.05) is 57.1 Å². The number of carbonyl (C=O) groups excluding carboxylic acids is 1. The quantitative estimate of drug-likeness (QED) is 0.309. The number of hydrogen-bond acceptors (Lipinski definition) is 8. The number of ether oxygens (including phenoxy) is 1. The van der Waals surface area contributed by atoms with Gasteiger partial charge in [-0.2, -0.15) is 0 Å². The van der Waals surface area contributed by atoms with E-state index in [4.69, 9.17) is 4.74 Å². The molecule has 6 heterocycles. The van der Waals surface area contributed by atoms with E-state index < -0.39 is 5.60 Å². The molecule has 42 heavy (non-hydrogen) atoms. The molecule has 3 aromatic heterocycles. The van der Waals surface area contributed by atoms with Crippen molar-refractivity contribution in [2.75, 3.05) is 56.2 Å². The predicted octanol–water partition coefficient (Wildman–Crippen LogP) is 3.58. The zero-order valence-corrected chi connectivity index (χ0v) is 23.4. The Labute approximate surface area is 243 Å². The maximum atomic E-state index is 13.7. The molecule has 0 spiro atoms. The number of pyridine rings is 2. The molecule has 2 saturated heterocycles. The highest BCUT2D eigenvalue weighted by atomic mass is 19.1. The highest BCUT2D eigenvalue weighted by molar-refractivity contribution is 6.06. The first-order valence-electron chi connectivity index (χ1n) is 14.5. The van der Waals surface area contributed by atoms with E-state index in [1.165, 1.54) is 12.1 Å². The van der Waals surface area contributed by atoms with Gasteiger partial charge in [-0.05, 0) is 49.1 Å². The molecule has 4 aromatic rings. The molecule has 3 N–H and O–H groups in total. The fraction of sp³-hybridized carbons (Fsp3) is 0.387. The monoisotopic (exact) mass is 571 g/mol. The van der Waals surface area contributed by atoms with Crippen LogP contribution in [0.4, 0.5) is 21.6 Å². The van der Waals surface area contributed by atoms with Gasteiger partial charge in [0.25, 0.3) is 5.91 Å². The lowest BCUT2D eigenvalue weighted by Crippen LogP contribution is -2.50. The van der Waals surface area contributed by atoms with Gasteiger partial charge in [0.2, 0.25) is 0 Å². The van der Waals surface area contributed by atoms with Gasteiger partial charge in [0.05, 0.1) is 53.8 Å². The number of nitrogens with one attached hydrogen (secondary N) is 2. The maximum absolute atomic E-state index is 13.7. The Bertz CT molecular complexity index is 1620. The van der Waals surface area contributed by atoms with Crippen molar-refractivity contribution < 1.29 is 19.0 Å². The van der Waals surface area contributed by atoms with E-state index in [-0.39, 0.29) is 11.7 Å². The van der Waals surface area contributed by atoms with Crippen LogP contribution in [-0.4, -0.2) is 81.8 Å². The molecule has 0 aliphatic carbocycles. The number of imidazole rings is 1. The molecule has 0 radical (unpaired) electrons. The van der Waals surface area contributed by atoms with Crippen LogP contribution < -0.4 is 15.5 Å². The first-order valence-corrected chi connectivity index (χ1v) is 14.5. The number of nitrogens with zero attached hydrogens (tertiary/aromatic N) is 5. The first kappa shape index (κ1) is 26.8. The third-order valence-electron chi connectivity index (χ3n) is 8.65. The number of β-amino-alcohol motifs (C(OH)–C–C–N with tert-alkyl or cyclic N) is 1. The minimum atomic E-state index is -0.724. The first-order chi connectivity index (χ1) is 20.5. The Morgan fingerprint density at radius 2 is 1.98 bits per heavy atom. The Morgan fingerprint density at radius 3 is 2.81 bits per heavy atom. The number of fused-ring (bicyclic) bond motifs is 2. The molecular formula is C31H34FN7O3. The zero-order chi connectivity index (χ0) is 28.7. The lowest BCUT2D eigenvalue weighted by Gasteiger charge is -2.41. The third-order valence-corrected chi connectivity index (χ3v) is 8.65. The summed E-state index contributed by atoms with van der Waals surface area (Å²) in [7, 11) is 0. The number of carbonyl (C=O) groups is 1. The maximum Gasteiger partial charge on any atom is 0.254 e. The van der Waals surface area contributed by atoms with E-state index in [1.807, 2.05) is 34.9 Å². The van der Waals surface area contributed by atoms with Crippen molar-refractivity contribution in [2.45, 2.75) is 31.4 Å². The van der Waals surface area contributed by atoms with Crippen LogP contribution in [-0.2, 0) is 11.3 Å². The molecule has 218 valence electrons. The lowest BCUT2D eigenvalue weighted by molar-refractivity contribution is -0.00900. The SMILES string of the molecule is O=C1NCc2c(-c3cnc4cc(F)ccn34)ccc(Nc3ccc(N4CCC[C@@](O)(CCN5CCOCC5)C4)cn3)c21. The molecule has 1 atom stereocenters. The normalized spacial score (nSPS) is 21.0. The van der Waals surface area contributed by atoms with Gasteiger partial charge in [-0.1, -0.05) is 6.07 Å². The highest BCUT2D eigenvalue weighted by Gasteiger charge is 2.34. The average Bonchev–Trinajstić information content (AvgIpc) is 3.61. The minimum absolute atomic E-state index is 0.157. The number of anilines is 3. The second-order valence-corrected chi connectivity index (χ2v) is 11.4. The van der Waals surface area contributed by atoms with Crippen LogP contribution in [0.25, 0.3) is 16.9 Å². The molecule has 11 heteroatoms. The largest absolute Gasteiger partial charge is 0.388 e. The molecule has 0 saturated carbocycles. The number of amides is 1. The van der Waals surface area contributed by atoms with Crippen LogP contribution in [0, 0.1) is 5.82 Å². The number of rotatable bonds is 7. The third kappa shape index (κ3) is 5.19. The lowest BCUT2D eigenvalue weighted by atomic mass is 9.89. The van der Waals surface area contributed by atoms with Crippen LogP contribution in [0.2, 0.25) is 0 Å². The van der Waals surface area contributed by atoms with Crippen molar-refractivity contribution in [1.82, 2.24) is 24.6 Å². The summed E-state index contributed by atoms with van der Waals surface area (Å²) in [6.07, 6.45) is 7.64. The molecule has 7 rings (SSSR count). The fourth-order valence-electron chi connectivity index (χ4n) is 6.36. The van der Waals surface area contributed by atoms with Crippen molar-refractivity contribution in [2.24, 2.45) is 0 Å². The molecule has 1 amide bonds. The van der Waals surface area contributed by atoms with E-state index in [0.717, 1.165) is 81.2 Å². The van der Waals surface area contributed by atoms with Crippen molar-refractivity contribution in [1.29, 1.82) is 0 Å². The van der Waals surface area contributed by atoms with Gasteiger partial charge in [-0.3, -0.25) is 14.1 Å².